The monoisotopic (exact) mass is 290 g/mol. The van der Waals surface area contributed by atoms with Gasteiger partial charge in [-0.3, -0.25) is 9.59 Å². The molecule has 4 heteroatoms. The van der Waals surface area contributed by atoms with Crippen LogP contribution in [0.3, 0.4) is 0 Å². The topological polar surface area (TPSA) is 52.6 Å². The minimum absolute atomic E-state index is 0.132. The maximum Gasteiger partial charge on any atom is 0.320 e. The molecule has 0 saturated carbocycles. The van der Waals surface area contributed by atoms with E-state index in [2.05, 4.69) is 6.58 Å². The van der Waals surface area contributed by atoms with Crippen molar-refractivity contribution < 1.29 is 19.1 Å². The highest BCUT2D eigenvalue weighted by Crippen LogP contribution is 2.23. The number of rotatable bonds is 8. The Morgan fingerprint density at radius 2 is 1.71 bits per heavy atom. The van der Waals surface area contributed by atoms with Gasteiger partial charge in [-0.05, 0) is 30.7 Å². The standard InChI is InChI=1S/C17H22O4/c1-4-8-14(11-13-9-6-5-7-10-13)12-15(16(18)20-2)17(19)21-3/h4-7,9-10,14-15H,1,8,11-12H2,2-3H3/t14-/m1/s1. The predicted octanol–water partition coefficient (Wildman–Crippen LogP) is 2.77. The summed E-state index contributed by atoms with van der Waals surface area (Å²) in [5, 5.41) is 0. The van der Waals surface area contributed by atoms with Gasteiger partial charge in [0, 0.05) is 0 Å². The first-order chi connectivity index (χ1) is 10.1. The van der Waals surface area contributed by atoms with Crippen LogP contribution in [0.5, 0.6) is 0 Å². The van der Waals surface area contributed by atoms with Crippen molar-refractivity contribution in [1.82, 2.24) is 0 Å². The van der Waals surface area contributed by atoms with Crippen LogP contribution in [-0.2, 0) is 25.5 Å². The van der Waals surface area contributed by atoms with E-state index >= 15 is 0 Å². The van der Waals surface area contributed by atoms with Crippen LogP contribution in [0.25, 0.3) is 0 Å². The van der Waals surface area contributed by atoms with E-state index in [0.717, 1.165) is 18.4 Å². The van der Waals surface area contributed by atoms with Crippen LogP contribution in [0.15, 0.2) is 43.0 Å². The summed E-state index contributed by atoms with van der Waals surface area (Å²) in [5.41, 5.74) is 1.16. The lowest BCUT2D eigenvalue weighted by Crippen LogP contribution is -2.29. The fraction of sp³-hybridized carbons (Fsp3) is 0.412. The van der Waals surface area contributed by atoms with Gasteiger partial charge in [0.15, 0.2) is 5.92 Å². The average Bonchev–Trinajstić information content (AvgIpc) is 2.52. The van der Waals surface area contributed by atoms with Crippen LogP contribution < -0.4 is 0 Å². The van der Waals surface area contributed by atoms with Gasteiger partial charge in [-0.1, -0.05) is 36.4 Å². The van der Waals surface area contributed by atoms with E-state index in [9.17, 15) is 9.59 Å². The summed E-state index contributed by atoms with van der Waals surface area (Å²) in [7, 11) is 2.55. The largest absolute Gasteiger partial charge is 0.468 e. The van der Waals surface area contributed by atoms with E-state index in [0.29, 0.717) is 6.42 Å². The van der Waals surface area contributed by atoms with Gasteiger partial charge in [-0.25, -0.2) is 0 Å². The molecule has 1 aromatic carbocycles. The van der Waals surface area contributed by atoms with E-state index < -0.39 is 17.9 Å². The van der Waals surface area contributed by atoms with Crippen LogP contribution in [0, 0.1) is 11.8 Å². The van der Waals surface area contributed by atoms with E-state index in [4.69, 9.17) is 9.47 Å². The Hall–Kier alpha value is -2.10. The Labute approximate surface area is 125 Å². The number of benzene rings is 1. The maximum absolute atomic E-state index is 11.8. The quantitative estimate of drug-likeness (QED) is 0.420. The third kappa shape index (κ3) is 5.42. The van der Waals surface area contributed by atoms with E-state index in [1.54, 1.807) is 6.08 Å². The van der Waals surface area contributed by atoms with Crippen LogP contribution in [0.2, 0.25) is 0 Å². The fourth-order valence-corrected chi connectivity index (χ4v) is 2.35. The summed E-state index contributed by atoms with van der Waals surface area (Å²) in [6, 6.07) is 9.96. The molecule has 0 unspecified atom stereocenters. The molecular formula is C17H22O4. The van der Waals surface area contributed by atoms with Gasteiger partial charge in [0.2, 0.25) is 0 Å². The summed E-state index contributed by atoms with van der Waals surface area (Å²) >= 11 is 0. The van der Waals surface area contributed by atoms with Crippen molar-refractivity contribution in [2.45, 2.75) is 19.3 Å². The normalized spacial score (nSPS) is 11.8. The van der Waals surface area contributed by atoms with E-state index in [-0.39, 0.29) is 5.92 Å². The van der Waals surface area contributed by atoms with Crippen molar-refractivity contribution in [1.29, 1.82) is 0 Å². The molecule has 0 N–H and O–H groups in total. The molecule has 0 aromatic heterocycles. The first-order valence-corrected chi connectivity index (χ1v) is 6.92. The Bertz CT molecular complexity index is 451. The van der Waals surface area contributed by atoms with Gasteiger partial charge in [-0.2, -0.15) is 0 Å². The Kier molecular flexibility index (Phi) is 7.23. The van der Waals surface area contributed by atoms with Gasteiger partial charge in [-0.15, -0.1) is 6.58 Å². The molecule has 0 saturated heterocycles. The fourth-order valence-electron chi connectivity index (χ4n) is 2.35. The number of hydrogen-bond donors (Lipinski definition) is 0. The summed E-state index contributed by atoms with van der Waals surface area (Å²) in [4.78, 5) is 23.5. The molecule has 0 radical (unpaired) electrons. The van der Waals surface area contributed by atoms with Crippen LogP contribution >= 0.6 is 0 Å². The van der Waals surface area contributed by atoms with Crippen LogP contribution in [0.4, 0.5) is 0 Å². The Morgan fingerprint density at radius 3 is 2.19 bits per heavy atom. The molecule has 0 amide bonds. The smallest absolute Gasteiger partial charge is 0.320 e. The van der Waals surface area contributed by atoms with Crippen molar-refractivity contribution in [3.05, 3.63) is 48.6 Å². The predicted molar refractivity (Wildman–Crippen MR) is 80.6 cm³/mol. The minimum Gasteiger partial charge on any atom is -0.468 e. The zero-order valence-corrected chi connectivity index (χ0v) is 12.6. The molecule has 0 aliphatic rings. The molecule has 114 valence electrons. The second kappa shape index (κ2) is 8.95. The Balaban J connectivity index is 2.81. The average molecular weight is 290 g/mol. The summed E-state index contributed by atoms with van der Waals surface area (Å²) in [6.45, 7) is 3.75. The molecule has 21 heavy (non-hydrogen) atoms. The van der Waals surface area contributed by atoms with Crippen molar-refractivity contribution in [2.24, 2.45) is 11.8 Å². The molecule has 0 aliphatic heterocycles. The number of allylic oxidation sites excluding steroid dienone is 1. The lowest BCUT2D eigenvalue weighted by molar-refractivity contribution is -0.159. The molecule has 0 spiro atoms. The maximum atomic E-state index is 11.8. The van der Waals surface area contributed by atoms with Crippen molar-refractivity contribution in [3.63, 3.8) is 0 Å². The molecule has 1 rings (SSSR count). The number of esters is 2. The van der Waals surface area contributed by atoms with Gasteiger partial charge >= 0.3 is 11.9 Å². The molecule has 0 aliphatic carbocycles. The molecule has 0 heterocycles. The van der Waals surface area contributed by atoms with E-state index in [1.807, 2.05) is 30.3 Å². The molecule has 1 atom stereocenters. The lowest BCUT2D eigenvalue weighted by atomic mass is 9.87. The van der Waals surface area contributed by atoms with Crippen molar-refractivity contribution in [3.8, 4) is 0 Å². The number of methoxy groups -OCH3 is 2. The number of ether oxygens (including phenoxy) is 2. The zero-order chi connectivity index (χ0) is 15.7. The van der Waals surface area contributed by atoms with Crippen molar-refractivity contribution in [2.75, 3.05) is 14.2 Å². The van der Waals surface area contributed by atoms with Gasteiger partial charge in [0.05, 0.1) is 14.2 Å². The highest BCUT2D eigenvalue weighted by atomic mass is 16.5. The highest BCUT2D eigenvalue weighted by Gasteiger charge is 2.31. The van der Waals surface area contributed by atoms with Gasteiger partial charge < -0.3 is 9.47 Å². The molecule has 0 bridgehead atoms. The second-order valence-corrected chi connectivity index (χ2v) is 4.91. The van der Waals surface area contributed by atoms with Crippen molar-refractivity contribution >= 4 is 11.9 Å². The molecule has 1 aromatic rings. The SMILES string of the molecule is C=CC[C@H](Cc1ccccc1)CC(C(=O)OC)C(=O)OC. The first-order valence-electron chi connectivity index (χ1n) is 6.92. The number of carbonyl (C=O) groups excluding carboxylic acids is 2. The van der Waals surface area contributed by atoms with Crippen LogP contribution in [0.1, 0.15) is 18.4 Å². The van der Waals surface area contributed by atoms with Gasteiger partial charge in [0.25, 0.3) is 0 Å². The summed E-state index contributed by atoms with van der Waals surface area (Å²) < 4.78 is 9.40. The molecule has 0 fully saturated rings. The molecular weight excluding hydrogens is 268 g/mol. The Morgan fingerprint density at radius 1 is 1.14 bits per heavy atom. The van der Waals surface area contributed by atoms with E-state index in [1.165, 1.54) is 14.2 Å². The number of carbonyl (C=O) groups is 2. The third-order valence-electron chi connectivity index (χ3n) is 3.41. The van der Waals surface area contributed by atoms with Gasteiger partial charge in [0.1, 0.15) is 0 Å². The first kappa shape index (κ1) is 17.0. The molecule has 4 nitrogen and oxygen atoms in total. The second-order valence-electron chi connectivity index (χ2n) is 4.91. The van der Waals surface area contributed by atoms with Crippen LogP contribution in [-0.4, -0.2) is 26.2 Å². The zero-order valence-electron chi connectivity index (χ0n) is 12.6. The third-order valence-corrected chi connectivity index (χ3v) is 3.41. The minimum atomic E-state index is -0.881. The summed E-state index contributed by atoms with van der Waals surface area (Å²) in [5.74, 6) is -1.85. The number of hydrogen-bond acceptors (Lipinski definition) is 4. The summed E-state index contributed by atoms with van der Waals surface area (Å²) in [6.07, 6.45) is 3.69. The lowest BCUT2D eigenvalue weighted by Gasteiger charge is -2.19. The highest BCUT2D eigenvalue weighted by molar-refractivity contribution is 5.94.